The number of fused-ring (bicyclic) bond motifs is 6. The van der Waals surface area contributed by atoms with Gasteiger partial charge in [0.25, 0.3) is 0 Å². The fraction of sp³-hybridized carbons (Fsp3) is 0.200. The molecular formula is C45H43BN2Si. The predicted octanol–water partition coefficient (Wildman–Crippen LogP) is 8.68. The molecule has 240 valence electrons. The van der Waals surface area contributed by atoms with Crippen LogP contribution in [0.5, 0.6) is 0 Å². The lowest BCUT2D eigenvalue weighted by Crippen LogP contribution is -2.62. The summed E-state index contributed by atoms with van der Waals surface area (Å²) in [5.74, 6) is 0. The van der Waals surface area contributed by atoms with E-state index >= 15 is 0 Å². The van der Waals surface area contributed by atoms with Gasteiger partial charge in [-0.1, -0.05) is 131 Å². The van der Waals surface area contributed by atoms with Crippen LogP contribution in [0.25, 0.3) is 11.1 Å². The molecule has 1 aliphatic carbocycles. The second-order valence-electron chi connectivity index (χ2n) is 16.0. The fourth-order valence-electron chi connectivity index (χ4n) is 9.33. The molecule has 0 radical (unpaired) electrons. The summed E-state index contributed by atoms with van der Waals surface area (Å²) < 4.78 is 0. The van der Waals surface area contributed by atoms with Crippen molar-refractivity contribution < 1.29 is 0 Å². The van der Waals surface area contributed by atoms with Crippen molar-refractivity contribution in [3.8, 4) is 11.1 Å². The number of benzene rings is 6. The van der Waals surface area contributed by atoms with Crippen LogP contribution in [-0.4, -0.2) is 15.4 Å². The lowest BCUT2D eigenvalue weighted by atomic mass is 9.57. The number of anilines is 5. The Morgan fingerprint density at radius 3 is 1.96 bits per heavy atom. The van der Waals surface area contributed by atoms with Gasteiger partial charge in [-0.3, -0.25) is 0 Å². The van der Waals surface area contributed by atoms with Crippen LogP contribution in [0.15, 0.2) is 121 Å². The van der Waals surface area contributed by atoms with Crippen LogP contribution in [0.3, 0.4) is 0 Å². The fourth-order valence-corrected chi connectivity index (χ4v) is 12.3. The Kier molecular flexibility index (Phi) is 6.40. The number of para-hydroxylation sites is 3. The minimum Gasteiger partial charge on any atom is -0.355 e. The number of nitrogens with one attached hydrogen (secondary N) is 1. The Balaban J connectivity index is 1.33. The van der Waals surface area contributed by atoms with Crippen molar-refractivity contribution in [3.63, 3.8) is 0 Å². The minimum atomic E-state index is -1.88. The van der Waals surface area contributed by atoms with Gasteiger partial charge in [-0.05, 0) is 92.5 Å². The highest BCUT2D eigenvalue weighted by Gasteiger charge is 2.44. The Bertz CT molecular complexity index is 2340. The van der Waals surface area contributed by atoms with Crippen molar-refractivity contribution >= 4 is 65.1 Å². The van der Waals surface area contributed by atoms with Crippen molar-refractivity contribution in [2.45, 2.75) is 58.5 Å². The van der Waals surface area contributed by atoms with Crippen LogP contribution < -0.4 is 31.5 Å². The zero-order valence-electron chi connectivity index (χ0n) is 29.7. The molecule has 3 aliphatic rings. The molecule has 0 amide bonds. The molecule has 4 heteroatoms. The van der Waals surface area contributed by atoms with Crippen molar-refractivity contribution in [2.24, 2.45) is 0 Å². The Morgan fingerprint density at radius 1 is 0.592 bits per heavy atom. The van der Waals surface area contributed by atoms with Crippen LogP contribution in [0.4, 0.5) is 28.4 Å². The summed E-state index contributed by atoms with van der Waals surface area (Å²) in [4.78, 5) is 2.61. The van der Waals surface area contributed by atoms with E-state index in [1.165, 1.54) is 72.1 Å². The second kappa shape index (κ2) is 10.4. The summed E-state index contributed by atoms with van der Waals surface area (Å²) in [5.41, 5.74) is 18.4. The summed E-state index contributed by atoms with van der Waals surface area (Å²) in [5, 5.41) is 6.97. The molecule has 0 fully saturated rings. The number of nitrogens with zero attached hydrogens (tertiary/aromatic N) is 1. The van der Waals surface area contributed by atoms with Crippen molar-refractivity contribution in [2.75, 3.05) is 10.2 Å². The van der Waals surface area contributed by atoms with E-state index in [4.69, 9.17) is 0 Å². The molecule has 2 aliphatic heterocycles. The van der Waals surface area contributed by atoms with Crippen LogP contribution >= 0.6 is 0 Å². The minimum absolute atomic E-state index is 0.136. The standard InChI is InChI=1S/C45H43BN2Si/c1-28-24-31(42-39(25-28)48-38-21-13-14-22-40(38)49(6,7)41-23-15-20-36(46-42)43(41)48)30-26-34-35(27-37(30)47-29-16-9-8-10-17-29)45(4,5)33-19-12-11-18-32(33)44(34,2)3/h8-27,46-47H,1-7H3. The monoisotopic (exact) mass is 650 g/mol. The summed E-state index contributed by atoms with van der Waals surface area (Å²) >= 11 is 0. The van der Waals surface area contributed by atoms with Gasteiger partial charge < -0.3 is 10.2 Å². The first kappa shape index (κ1) is 30.3. The van der Waals surface area contributed by atoms with Crippen LogP contribution in [0.2, 0.25) is 13.1 Å². The van der Waals surface area contributed by atoms with E-state index in [9.17, 15) is 0 Å². The molecule has 0 saturated carbocycles. The highest BCUT2D eigenvalue weighted by molar-refractivity contribution is 7.03. The van der Waals surface area contributed by atoms with Crippen molar-refractivity contribution in [1.29, 1.82) is 0 Å². The largest absolute Gasteiger partial charge is 0.355 e. The normalized spacial score (nSPS) is 16.7. The van der Waals surface area contributed by atoms with Gasteiger partial charge in [-0.2, -0.15) is 0 Å². The number of rotatable bonds is 3. The van der Waals surface area contributed by atoms with E-state index in [0.717, 1.165) is 18.7 Å². The molecule has 0 atom stereocenters. The number of hydrogen-bond donors (Lipinski definition) is 1. The van der Waals surface area contributed by atoms with Crippen LogP contribution in [-0.2, 0) is 10.8 Å². The Hall–Kier alpha value is -4.80. The van der Waals surface area contributed by atoms with E-state index in [-0.39, 0.29) is 10.8 Å². The van der Waals surface area contributed by atoms with Crippen LogP contribution in [0, 0.1) is 6.92 Å². The molecule has 9 rings (SSSR count). The quantitative estimate of drug-likeness (QED) is 0.193. The van der Waals surface area contributed by atoms with Crippen molar-refractivity contribution in [1.82, 2.24) is 0 Å². The van der Waals surface area contributed by atoms with Gasteiger partial charge in [0.05, 0.1) is 0 Å². The highest BCUT2D eigenvalue weighted by atomic mass is 28.3. The first-order valence-corrected chi connectivity index (χ1v) is 20.7. The topological polar surface area (TPSA) is 15.3 Å². The highest BCUT2D eigenvalue weighted by Crippen LogP contribution is 2.52. The van der Waals surface area contributed by atoms with E-state index in [1.807, 2.05) is 0 Å². The molecule has 49 heavy (non-hydrogen) atoms. The molecule has 2 nitrogen and oxygen atoms in total. The second-order valence-corrected chi connectivity index (χ2v) is 20.3. The lowest BCUT2D eigenvalue weighted by molar-refractivity contribution is 0.521. The van der Waals surface area contributed by atoms with Gasteiger partial charge in [-0.25, -0.2) is 0 Å². The van der Waals surface area contributed by atoms with Gasteiger partial charge in [-0.15, -0.1) is 0 Å². The molecule has 0 bridgehead atoms. The van der Waals surface area contributed by atoms with Gasteiger partial charge >= 0.3 is 0 Å². The Labute approximate surface area is 293 Å². The molecule has 1 N–H and O–H groups in total. The first-order chi connectivity index (χ1) is 23.5. The van der Waals surface area contributed by atoms with Gasteiger partial charge in [0.1, 0.15) is 8.07 Å². The van der Waals surface area contributed by atoms with E-state index in [2.05, 4.69) is 179 Å². The molecule has 6 aromatic rings. The molecular weight excluding hydrogens is 607 g/mol. The molecule has 2 heterocycles. The number of hydrogen-bond acceptors (Lipinski definition) is 2. The maximum Gasteiger partial charge on any atom is 0.198 e. The zero-order valence-corrected chi connectivity index (χ0v) is 30.7. The average Bonchev–Trinajstić information content (AvgIpc) is 3.09. The molecule has 6 aromatic carbocycles. The van der Waals surface area contributed by atoms with Crippen molar-refractivity contribution in [3.05, 3.63) is 149 Å². The molecule has 0 saturated heterocycles. The summed E-state index contributed by atoms with van der Waals surface area (Å²) in [6, 6.07) is 45.9. The summed E-state index contributed by atoms with van der Waals surface area (Å²) in [6.07, 6.45) is 0. The van der Waals surface area contributed by atoms with Gasteiger partial charge in [0.15, 0.2) is 7.28 Å². The predicted molar refractivity (Wildman–Crippen MR) is 215 cm³/mol. The smallest absolute Gasteiger partial charge is 0.198 e. The first-order valence-electron chi connectivity index (χ1n) is 17.7. The van der Waals surface area contributed by atoms with Gasteiger partial charge in [0, 0.05) is 44.8 Å². The molecule has 0 spiro atoms. The maximum atomic E-state index is 3.92. The molecule has 0 unspecified atom stereocenters. The SMILES string of the molecule is Cc1cc(-c2cc3c(cc2Nc2ccccc2)C(C)(C)c2ccccc2C3(C)C)c2c(c1)N1c3ccccc3[Si](C)(C)c3cccc(c31)B2. The third-order valence-electron chi connectivity index (χ3n) is 11.9. The average molecular weight is 651 g/mol. The number of aryl methyl sites for hydroxylation is 1. The maximum absolute atomic E-state index is 3.92. The molecule has 0 aromatic heterocycles. The third-order valence-corrected chi connectivity index (χ3v) is 15.5. The van der Waals surface area contributed by atoms with E-state index in [0.29, 0.717) is 0 Å². The summed E-state index contributed by atoms with van der Waals surface area (Å²) in [7, 11) is -0.965. The lowest BCUT2D eigenvalue weighted by Gasteiger charge is -2.46. The van der Waals surface area contributed by atoms with E-state index in [1.54, 1.807) is 5.19 Å². The van der Waals surface area contributed by atoms with E-state index < -0.39 is 8.07 Å². The zero-order chi connectivity index (χ0) is 33.9. The Morgan fingerprint density at radius 2 is 1.22 bits per heavy atom. The summed E-state index contributed by atoms with van der Waals surface area (Å²) in [6.45, 7) is 16.9. The van der Waals surface area contributed by atoms with Gasteiger partial charge in [0.2, 0.25) is 0 Å². The van der Waals surface area contributed by atoms with Crippen LogP contribution in [0.1, 0.15) is 55.5 Å². The third kappa shape index (κ3) is 4.26.